The van der Waals surface area contributed by atoms with Crippen molar-refractivity contribution in [1.82, 2.24) is 14.4 Å². The van der Waals surface area contributed by atoms with E-state index in [1.54, 1.807) is 0 Å². The van der Waals surface area contributed by atoms with Gasteiger partial charge in [-0.2, -0.15) is 0 Å². The van der Waals surface area contributed by atoms with Crippen LogP contribution < -0.4 is 0 Å². The number of hydrogen-bond donors (Lipinski definition) is 0. The van der Waals surface area contributed by atoms with E-state index in [1.165, 1.54) is 5.39 Å². The Bertz CT molecular complexity index is 675. The zero-order valence-corrected chi connectivity index (χ0v) is 12.0. The molecule has 1 aromatic heterocycles. The molecular formula is C17H19N3O. The van der Waals surface area contributed by atoms with Gasteiger partial charge >= 0.3 is 0 Å². The average Bonchev–Trinajstić information content (AvgIpc) is 2.92. The molecule has 1 fully saturated rings. The number of benzene rings is 1. The van der Waals surface area contributed by atoms with Crippen molar-refractivity contribution < 1.29 is 4.79 Å². The normalized spacial score (nSPS) is 16.0. The van der Waals surface area contributed by atoms with Crippen molar-refractivity contribution in [3.8, 4) is 12.3 Å². The quantitative estimate of drug-likeness (QED) is 0.796. The second-order valence-corrected chi connectivity index (χ2v) is 5.36. The molecule has 0 N–H and O–H groups in total. The minimum absolute atomic E-state index is 0.178. The molecule has 108 valence electrons. The average molecular weight is 281 g/mol. The van der Waals surface area contributed by atoms with Crippen LogP contribution in [0.2, 0.25) is 0 Å². The fourth-order valence-corrected chi connectivity index (χ4v) is 2.81. The van der Waals surface area contributed by atoms with Crippen molar-refractivity contribution in [3.63, 3.8) is 0 Å². The van der Waals surface area contributed by atoms with Gasteiger partial charge in [-0.05, 0) is 17.5 Å². The van der Waals surface area contributed by atoms with Crippen LogP contribution in [0.5, 0.6) is 0 Å². The largest absolute Gasteiger partial charge is 0.339 e. The molecular weight excluding hydrogens is 262 g/mol. The van der Waals surface area contributed by atoms with Crippen molar-refractivity contribution in [2.24, 2.45) is 0 Å². The van der Waals surface area contributed by atoms with E-state index in [-0.39, 0.29) is 5.91 Å². The first-order chi connectivity index (χ1) is 10.3. The van der Waals surface area contributed by atoms with Crippen LogP contribution >= 0.6 is 0 Å². The van der Waals surface area contributed by atoms with Gasteiger partial charge in [-0.15, -0.1) is 6.42 Å². The Labute approximate surface area is 124 Å². The maximum atomic E-state index is 12.4. The van der Waals surface area contributed by atoms with Gasteiger partial charge in [-0.25, -0.2) is 0 Å². The molecule has 0 atom stereocenters. The molecule has 4 heteroatoms. The predicted molar refractivity (Wildman–Crippen MR) is 83.8 cm³/mol. The lowest BCUT2D eigenvalue weighted by molar-refractivity contribution is -0.133. The minimum atomic E-state index is 0.178. The molecule has 1 saturated heterocycles. The number of aromatic nitrogens is 1. The van der Waals surface area contributed by atoms with Crippen LogP contribution in [0.15, 0.2) is 36.5 Å². The van der Waals surface area contributed by atoms with Gasteiger partial charge < -0.3 is 9.47 Å². The summed E-state index contributed by atoms with van der Waals surface area (Å²) >= 11 is 0. The molecule has 1 aliphatic rings. The van der Waals surface area contributed by atoms with Crippen LogP contribution in [0.1, 0.15) is 0 Å². The van der Waals surface area contributed by atoms with E-state index >= 15 is 0 Å². The second kappa shape index (κ2) is 6.02. The van der Waals surface area contributed by atoms with Gasteiger partial charge in [-0.1, -0.05) is 24.1 Å². The number of amides is 1. The highest BCUT2D eigenvalue weighted by atomic mass is 16.2. The number of carbonyl (C=O) groups is 1. The Balaban J connectivity index is 1.63. The standard InChI is InChI=1S/C17H19N3O/c1-2-8-18-10-12-19(13-11-18)17(21)14-20-9-7-15-5-3-4-6-16(15)20/h1,3-7,9H,8,10-14H2. The fourth-order valence-electron chi connectivity index (χ4n) is 2.81. The molecule has 0 radical (unpaired) electrons. The first-order valence-electron chi connectivity index (χ1n) is 7.25. The van der Waals surface area contributed by atoms with Crippen molar-refractivity contribution in [2.75, 3.05) is 32.7 Å². The molecule has 1 aliphatic heterocycles. The molecule has 0 spiro atoms. The predicted octanol–water partition coefficient (Wildman–Crippen LogP) is 1.42. The van der Waals surface area contributed by atoms with Gasteiger partial charge in [0.05, 0.1) is 6.54 Å². The molecule has 1 amide bonds. The number of rotatable bonds is 3. The van der Waals surface area contributed by atoms with Crippen molar-refractivity contribution in [3.05, 3.63) is 36.5 Å². The third kappa shape index (κ3) is 2.93. The van der Waals surface area contributed by atoms with E-state index in [9.17, 15) is 4.79 Å². The van der Waals surface area contributed by atoms with Gasteiger partial charge in [0.25, 0.3) is 0 Å². The summed E-state index contributed by atoms with van der Waals surface area (Å²) in [7, 11) is 0. The highest BCUT2D eigenvalue weighted by Gasteiger charge is 2.20. The van der Waals surface area contributed by atoms with Crippen LogP contribution in [0.25, 0.3) is 10.9 Å². The van der Waals surface area contributed by atoms with Gasteiger partial charge in [0.2, 0.25) is 5.91 Å². The maximum absolute atomic E-state index is 12.4. The minimum Gasteiger partial charge on any atom is -0.339 e. The highest BCUT2D eigenvalue weighted by molar-refractivity contribution is 5.83. The van der Waals surface area contributed by atoms with Crippen molar-refractivity contribution in [1.29, 1.82) is 0 Å². The molecule has 21 heavy (non-hydrogen) atoms. The molecule has 3 rings (SSSR count). The number of nitrogens with zero attached hydrogens (tertiary/aromatic N) is 3. The third-order valence-electron chi connectivity index (χ3n) is 4.03. The summed E-state index contributed by atoms with van der Waals surface area (Å²) in [5.41, 5.74) is 1.11. The molecule has 4 nitrogen and oxygen atoms in total. The van der Waals surface area contributed by atoms with E-state index in [2.05, 4.69) is 16.9 Å². The summed E-state index contributed by atoms with van der Waals surface area (Å²) in [5, 5.41) is 1.17. The molecule has 1 aromatic carbocycles. The summed E-state index contributed by atoms with van der Waals surface area (Å²) < 4.78 is 2.02. The number of carbonyl (C=O) groups excluding carboxylic acids is 1. The smallest absolute Gasteiger partial charge is 0.242 e. The van der Waals surface area contributed by atoms with Crippen LogP contribution in [0, 0.1) is 12.3 Å². The fraction of sp³-hybridized carbons (Fsp3) is 0.353. The monoisotopic (exact) mass is 281 g/mol. The number of hydrogen-bond acceptors (Lipinski definition) is 2. The van der Waals surface area contributed by atoms with E-state index in [0.717, 1.165) is 31.7 Å². The summed E-state index contributed by atoms with van der Waals surface area (Å²) in [6.07, 6.45) is 7.30. The summed E-state index contributed by atoms with van der Waals surface area (Å²) in [6.45, 7) is 4.33. The van der Waals surface area contributed by atoms with Gasteiger partial charge in [-0.3, -0.25) is 9.69 Å². The van der Waals surface area contributed by atoms with Gasteiger partial charge in [0.15, 0.2) is 0 Å². The zero-order chi connectivity index (χ0) is 14.7. The van der Waals surface area contributed by atoms with Crippen LogP contribution in [-0.4, -0.2) is 53.0 Å². The maximum Gasteiger partial charge on any atom is 0.242 e. The topological polar surface area (TPSA) is 28.5 Å². The van der Waals surface area contributed by atoms with Gasteiger partial charge in [0, 0.05) is 37.9 Å². The number of fused-ring (bicyclic) bond motifs is 1. The number of terminal acetylenes is 1. The summed E-state index contributed by atoms with van der Waals surface area (Å²) in [5.74, 6) is 2.83. The molecule has 0 bridgehead atoms. The molecule has 0 saturated carbocycles. The Kier molecular flexibility index (Phi) is 3.94. The van der Waals surface area contributed by atoms with Crippen molar-refractivity contribution >= 4 is 16.8 Å². The van der Waals surface area contributed by atoms with E-state index in [0.29, 0.717) is 13.1 Å². The summed E-state index contributed by atoms with van der Waals surface area (Å²) in [4.78, 5) is 16.6. The Morgan fingerprint density at radius 2 is 1.90 bits per heavy atom. The number of para-hydroxylation sites is 1. The second-order valence-electron chi connectivity index (χ2n) is 5.36. The number of piperazine rings is 1. The lowest BCUT2D eigenvalue weighted by atomic mass is 10.2. The Morgan fingerprint density at radius 1 is 1.14 bits per heavy atom. The van der Waals surface area contributed by atoms with E-state index in [4.69, 9.17) is 6.42 Å². The SMILES string of the molecule is C#CCN1CCN(C(=O)Cn2ccc3ccccc32)CC1. The van der Waals surface area contributed by atoms with E-state index in [1.807, 2.05) is 39.9 Å². The molecule has 0 aliphatic carbocycles. The first kappa shape index (κ1) is 13.7. The third-order valence-corrected chi connectivity index (χ3v) is 4.03. The molecule has 2 heterocycles. The van der Waals surface area contributed by atoms with E-state index < -0.39 is 0 Å². The van der Waals surface area contributed by atoms with Crippen LogP contribution in [0.4, 0.5) is 0 Å². The van der Waals surface area contributed by atoms with Crippen LogP contribution in [-0.2, 0) is 11.3 Å². The molecule has 0 unspecified atom stereocenters. The Hall–Kier alpha value is -2.25. The lowest BCUT2D eigenvalue weighted by Crippen LogP contribution is -2.49. The highest BCUT2D eigenvalue weighted by Crippen LogP contribution is 2.15. The lowest BCUT2D eigenvalue weighted by Gasteiger charge is -2.33. The zero-order valence-electron chi connectivity index (χ0n) is 12.0. The Morgan fingerprint density at radius 3 is 2.67 bits per heavy atom. The first-order valence-corrected chi connectivity index (χ1v) is 7.25. The summed E-state index contributed by atoms with van der Waals surface area (Å²) in [6, 6.07) is 10.2. The van der Waals surface area contributed by atoms with Crippen molar-refractivity contribution in [2.45, 2.75) is 6.54 Å². The van der Waals surface area contributed by atoms with Crippen LogP contribution in [0.3, 0.4) is 0 Å². The molecule has 2 aromatic rings. The van der Waals surface area contributed by atoms with Gasteiger partial charge in [0.1, 0.15) is 6.54 Å².